The first-order chi connectivity index (χ1) is 8.04. The Morgan fingerprint density at radius 3 is 2.71 bits per heavy atom. The first kappa shape index (κ1) is 11.6. The van der Waals surface area contributed by atoms with Gasteiger partial charge >= 0.3 is 5.97 Å². The van der Waals surface area contributed by atoms with E-state index < -0.39 is 17.3 Å². The number of carboxylic acids is 1. The Bertz CT molecular complexity index is 448. The molecular formula is C11H14N2O4. The minimum Gasteiger partial charge on any atom is -0.480 e. The van der Waals surface area contributed by atoms with E-state index in [1.807, 2.05) is 0 Å². The van der Waals surface area contributed by atoms with Gasteiger partial charge < -0.3 is 14.9 Å². The molecule has 0 radical (unpaired) electrons. The van der Waals surface area contributed by atoms with Crippen molar-refractivity contribution in [1.29, 1.82) is 0 Å². The molecule has 1 fully saturated rings. The molecule has 1 amide bonds. The van der Waals surface area contributed by atoms with Gasteiger partial charge in [-0.15, -0.1) is 0 Å². The standard InChI is InChI=1S/C11H14N2O4/c1-7-5-8(17-13-7)6-12-9(14)11(10(15)16)3-2-4-11/h5H,2-4,6H2,1H3,(H,12,14)(H,15,16). The molecule has 2 N–H and O–H groups in total. The van der Waals surface area contributed by atoms with E-state index in [-0.39, 0.29) is 6.54 Å². The maximum Gasteiger partial charge on any atom is 0.319 e. The smallest absolute Gasteiger partial charge is 0.319 e. The van der Waals surface area contributed by atoms with Gasteiger partial charge in [-0.1, -0.05) is 11.6 Å². The molecule has 0 unspecified atom stereocenters. The molecule has 1 aromatic rings. The summed E-state index contributed by atoms with van der Waals surface area (Å²) < 4.78 is 4.93. The van der Waals surface area contributed by atoms with E-state index in [1.165, 1.54) is 0 Å². The molecule has 2 rings (SSSR count). The summed E-state index contributed by atoms with van der Waals surface area (Å²) in [5.74, 6) is -0.962. The van der Waals surface area contributed by atoms with Crippen LogP contribution in [0, 0.1) is 12.3 Å². The van der Waals surface area contributed by atoms with E-state index in [4.69, 9.17) is 9.63 Å². The second-order valence-corrected chi connectivity index (χ2v) is 4.36. The molecule has 1 heterocycles. The number of carboxylic acid groups (broad SMARTS) is 1. The third kappa shape index (κ3) is 2.02. The second kappa shape index (κ2) is 4.20. The number of nitrogens with one attached hydrogen (secondary N) is 1. The number of aromatic nitrogens is 1. The average molecular weight is 238 g/mol. The minimum atomic E-state index is -1.23. The van der Waals surface area contributed by atoms with Crippen LogP contribution in [0.3, 0.4) is 0 Å². The van der Waals surface area contributed by atoms with E-state index in [9.17, 15) is 9.59 Å². The predicted octanol–water partition coefficient (Wildman–Crippen LogP) is 0.854. The van der Waals surface area contributed by atoms with Crippen molar-refractivity contribution in [2.75, 3.05) is 0 Å². The fraction of sp³-hybridized carbons (Fsp3) is 0.545. The SMILES string of the molecule is Cc1cc(CNC(=O)C2(C(=O)O)CCC2)on1. The zero-order valence-electron chi connectivity index (χ0n) is 9.52. The van der Waals surface area contributed by atoms with Gasteiger partial charge in [0.15, 0.2) is 5.76 Å². The normalized spacial score (nSPS) is 17.2. The molecule has 1 aromatic heterocycles. The highest BCUT2D eigenvalue weighted by molar-refractivity contribution is 6.02. The maximum absolute atomic E-state index is 11.8. The summed E-state index contributed by atoms with van der Waals surface area (Å²) in [7, 11) is 0. The van der Waals surface area contributed by atoms with Gasteiger partial charge in [0, 0.05) is 6.07 Å². The van der Waals surface area contributed by atoms with Crippen LogP contribution in [0.4, 0.5) is 0 Å². The fourth-order valence-corrected chi connectivity index (χ4v) is 1.90. The minimum absolute atomic E-state index is 0.175. The first-order valence-electron chi connectivity index (χ1n) is 5.48. The van der Waals surface area contributed by atoms with Crippen molar-refractivity contribution in [2.45, 2.75) is 32.7 Å². The van der Waals surface area contributed by atoms with Crippen molar-refractivity contribution in [3.63, 3.8) is 0 Å². The Balaban J connectivity index is 1.95. The van der Waals surface area contributed by atoms with Gasteiger partial charge in [0.05, 0.1) is 12.2 Å². The zero-order chi connectivity index (χ0) is 12.5. The number of carbonyl (C=O) groups excluding carboxylic acids is 1. The Morgan fingerprint density at radius 2 is 2.29 bits per heavy atom. The number of aliphatic carboxylic acids is 1. The van der Waals surface area contributed by atoms with Gasteiger partial charge in [-0.25, -0.2) is 0 Å². The average Bonchev–Trinajstić information content (AvgIpc) is 2.59. The molecule has 1 aliphatic carbocycles. The van der Waals surface area contributed by atoms with E-state index in [0.29, 0.717) is 18.6 Å². The number of nitrogens with zero attached hydrogens (tertiary/aromatic N) is 1. The summed E-state index contributed by atoms with van der Waals surface area (Å²) in [6.45, 7) is 1.95. The monoisotopic (exact) mass is 238 g/mol. The molecule has 92 valence electrons. The van der Waals surface area contributed by atoms with Gasteiger partial charge in [-0.2, -0.15) is 0 Å². The maximum atomic E-state index is 11.8. The van der Waals surface area contributed by atoms with Crippen LogP contribution in [0.2, 0.25) is 0 Å². The summed E-state index contributed by atoms with van der Waals surface area (Å²) in [6.07, 6.45) is 1.59. The van der Waals surface area contributed by atoms with Gasteiger partial charge in [0.1, 0.15) is 5.41 Å². The van der Waals surface area contributed by atoms with Crippen molar-refractivity contribution in [1.82, 2.24) is 10.5 Å². The van der Waals surface area contributed by atoms with Crippen LogP contribution in [0.15, 0.2) is 10.6 Å². The van der Waals surface area contributed by atoms with Crippen molar-refractivity contribution < 1.29 is 19.2 Å². The highest BCUT2D eigenvalue weighted by Gasteiger charge is 2.51. The molecule has 6 heteroatoms. The number of amides is 1. The van der Waals surface area contributed by atoms with Crippen LogP contribution in [-0.4, -0.2) is 22.1 Å². The number of hydrogen-bond acceptors (Lipinski definition) is 4. The molecule has 0 bridgehead atoms. The third-order valence-corrected chi connectivity index (χ3v) is 3.15. The lowest BCUT2D eigenvalue weighted by Crippen LogP contribution is -2.50. The lowest BCUT2D eigenvalue weighted by atomic mass is 9.68. The summed E-state index contributed by atoms with van der Waals surface area (Å²) >= 11 is 0. The van der Waals surface area contributed by atoms with E-state index in [1.54, 1.807) is 13.0 Å². The molecule has 0 saturated heterocycles. The molecule has 0 aromatic carbocycles. The largest absolute Gasteiger partial charge is 0.480 e. The van der Waals surface area contributed by atoms with Crippen molar-refractivity contribution >= 4 is 11.9 Å². The van der Waals surface area contributed by atoms with Crippen molar-refractivity contribution in [3.05, 3.63) is 17.5 Å². The molecule has 1 saturated carbocycles. The van der Waals surface area contributed by atoms with Crippen LogP contribution >= 0.6 is 0 Å². The summed E-state index contributed by atoms with van der Waals surface area (Å²) in [5, 5.41) is 15.3. The van der Waals surface area contributed by atoms with E-state index in [2.05, 4.69) is 10.5 Å². The van der Waals surface area contributed by atoms with Crippen LogP contribution in [-0.2, 0) is 16.1 Å². The van der Waals surface area contributed by atoms with Gasteiger partial charge in [-0.3, -0.25) is 9.59 Å². The predicted molar refractivity (Wildman–Crippen MR) is 57.0 cm³/mol. The van der Waals surface area contributed by atoms with Crippen LogP contribution in [0.25, 0.3) is 0 Å². The highest BCUT2D eigenvalue weighted by atomic mass is 16.5. The number of rotatable bonds is 4. The van der Waals surface area contributed by atoms with Crippen molar-refractivity contribution in [2.24, 2.45) is 5.41 Å². The quantitative estimate of drug-likeness (QED) is 0.759. The Labute approximate surface area is 98.0 Å². The summed E-state index contributed by atoms with van der Waals surface area (Å²) in [6, 6.07) is 1.70. The van der Waals surface area contributed by atoms with Gasteiger partial charge in [0.2, 0.25) is 5.91 Å². The zero-order valence-corrected chi connectivity index (χ0v) is 9.52. The lowest BCUT2D eigenvalue weighted by molar-refractivity contribution is -0.162. The highest BCUT2D eigenvalue weighted by Crippen LogP contribution is 2.41. The second-order valence-electron chi connectivity index (χ2n) is 4.36. The molecule has 17 heavy (non-hydrogen) atoms. The van der Waals surface area contributed by atoms with Gasteiger partial charge in [0.25, 0.3) is 0 Å². The molecule has 0 spiro atoms. The molecule has 0 aliphatic heterocycles. The first-order valence-corrected chi connectivity index (χ1v) is 5.48. The van der Waals surface area contributed by atoms with Crippen LogP contribution < -0.4 is 5.32 Å². The topological polar surface area (TPSA) is 92.4 Å². The number of carbonyl (C=O) groups is 2. The fourth-order valence-electron chi connectivity index (χ4n) is 1.90. The molecule has 1 aliphatic rings. The van der Waals surface area contributed by atoms with Crippen LogP contribution in [0.5, 0.6) is 0 Å². The summed E-state index contributed by atoms with van der Waals surface area (Å²) in [5.41, 5.74) is -0.499. The molecular weight excluding hydrogens is 224 g/mol. The Hall–Kier alpha value is -1.85. The van der Waals surface area contributed by atoms with Crippen LogP contribution in [0.1, 0.15) is 30.7 Å². The third-order valence-electron chi connectivity index (χ3n) is 3.15. The lowest BCUT2D eigenvalue weighted by Gasteiger charge is -2.35. The van der Waals surface area contributed by atoms with E-state index in [0.717, 1.165) is 12.1 Å². The van der Waals surface area contributed by atoms with E-state index >= 15 is 0 Å². The summed E-state index contributed by atoms with van der Waals surface area (Å²) in [4.78, 5) is 22.9. The molecule has 0 atom stereocenters. The number of aryl methyl sites for hydroxylation is 1. The Kier molecular flexibility index (Phi) is 2.87. The Morgan fingerprint density at radius 1 is 1.59 bits per heavy atom. The van der Waals surface area contributed by atoms with Gasteiger partial charge in [-0.05, 0) is 19.8 Å². The van der Waals surface area contributed by atoms with Crippen molar-refractivity contribution in [3.8, 4) is 0 Å². The molecule has 6 nitrogen and oxygen atoms in total. The number of hydrogen-bond donors (Lipinski definition) is 2.